The second-order valence-electron chi connectivity index (χ2n) is 13.8. The van der Waals surface area contributed by atoms with E-state index < -0.39 is 87.7 Å². The van der Waals surface area contributed by atoms with Crippen LogP contribution in [0.25, 0.3) is 27.5 Å². The number of amides is 1. The summed E-state index contributed by atoms with van der Waals surface area (Å²) in [6, 6.07) is 10.1. The first-order chi connectivity index (χ1) is 26.4. The van der Waals surface area contributed by atoms with E-state index in [9.17, 15) is 35.6 Å². The van der Waals surface area contributed by atoms with Gasteiger partial charge in [-0.15, -0.1) is 0 Å². The summed E-state index contributed by atoms with van der Waals surface area (Å²) < 4.78 is 123. The van der Waals surface area contributed by atoms with Crippen molar-refractivity contribution in [2.75, 3.05) is 18.1 Å². The number of aromatic nitrogens is 6. The third-order valence-corrected chi connectivity index (χ3v) is 10.5. The highest BCUT2D eigenvalue weighted by Crippen LogP contribution is 2.68. The molecular weight excluding hydrogens is 771 g/mol. The summed E-state index contributed by atoms with van der Waals surface area (Å²) in [4.78, 5) is 33.3. The van der Waals surface area contributed by atoms with Crippen LogP contribution in [0.4, 0.5) is 32.2 Å². The van der Waals surface area contributed by atoms with Gasteiger partial charge >= 0.3 is 0 Å². The Balaban J connectivity index is 1.31. The van der Waals surface area contributed by atoms with Gasteiger partial charge in [0.1, 0.15) is 41.1 Å². The summed E-state index contributed by atoms with van der Waals surface area (Å²) in [7, 11) is -0.940. The molecule has 0 aliphatic heterocycles. The molecule has 0 spiro atoms. The molecule has 1 unspecified atom stereocenters. The highest BCUT2D eigenvalue weighted by molar-refractivity contribution is 7.92. The Morgan fingerprint density at radius 3 is 2.46 bits per heavy atom. The summed E-state index contributed by atoms with van der Waals surface area (Å²) in [5.74, 6) is -8.46. The lowest BCUT2D eigenvalue weighted by Crippen LogP contribution is -2.38. The molecule has 3 aromatic heterocycles. The molecule has 1 fully saturated rings. The van der Waals surface area contributed by atoms with Crippen molar-refractivity contribution >= 4 is 43.6 Å². The van der Waals surface area contributed by atoms with Gasteiger partial charge in [-0.3, -0.25) is 28.2 Å². The van der Waals surface area contributed by atoms with Gasteiger partial charge in [0.05, 0.1) is 41.5 Å². The van der Waals surface area contributed by atoms with Gasteiger partial charge in [-0.2, -0.15) is 19.0 Å². The van der Waals surface area contributed by atoms with E-state index in [0.29, 0.717) is 16.5 Å². The first-order valence-corrected chi connectivity index (χ1v) is 18.9. The summed E-state index contributed by atoms with van der Waals surface area (Å²) in [5, 5.41) is 11.0. The van der Waals surface area contributed by atoms with Crippen molar-refractivity contribution in [3.05, 3.63) is 105 Å². The number of rotatable bonds is 11. The molecule has 3 atom stereocenters. The van der Waals surface area contributed by atoms with Crippen molar-refractivity contribution in [1.29, 1.82) is 0 Å². The van der Waals surface area contributed by atoms with Crippen LogP contribution < -0.4 is 20.3 Å². The number of sulfonamides is 1. The fraction of sp³-hybridized carbons (Fsp3) is 0.306. The maximum absolute atomic E-state index is 15.4. The molecule has 20 heteroatoms. The average molecular weight is 801 g/mol. The number of para-hydroxylation sites is 1. The number of nitrogens with zero attached hydrogens (tertiary/aromatic N) is 6. The van der Waals surface area contributed by atoms with Gasteiger partial charge in [-0.05, 0) is 54.3 Å². The molecule has 0 bridgehead atoms. The normalized spacial score (nSPS) is 17.6. The van der Waals surface area contributed by atoms with Crippen molar-refractivity contribution < 1.29 is 44.3 Å². The molecule has 0 saturated heterocycles. The summed E-state index contributed by atoms with van der Waals surface area (Å²) in [6.45, 7) is -0.957. The number of methoxy groups -OCH3 is 1. The number of carbonyl (C=O) groups is 1. The largest absolute Gasteiger partial charge is 0.497 e. The molecule has 1 saturated carbocycles. The van der Waals surface area contributed by atoms with E-state index in [2.05, 4.69) is 20.2 Å². The predicted octanol–water partition coefficient (Wildman–Crippen LogP) is 5.37. The van der Waals surface area contributed by atoms with Crippen LogP contribution in [-0.2, 0) is 40.8 Å². The third-order valence-electron chi connectivity index (χ3n) is 9.94. The highest BCUT2D eigenvalue weighted by Gasteiger charge is 2.67. The van der Waals surface area contributed by atoms with E-state index >= 15 is 8.78 Å². The first kappa shape index (κ1) is 37.0. The molecule has 0 radical (unpaired) electrons. The Labute approximate surface area is 312 Å². The van der Waals surface area contributed by atoms with Gasteiger partial charge in [0.2, 0.25) is 15.9 Å². The molecule has 6 aromatic rings. The number of ether oxygens (including phenoxy) is 1. The summed E-state index contributed by atoms with van der Waals surface area (Å²) in [5.41, 5.74) is -2.20. The summed E-state index contributed by atoms with van der Waals surface area (Å²) in [6.07, 6.45) is -2.67. The molecule has 3 aromatic carbocycles. The quantitative estimate of drug-likeness (QED) is 0.166. The number of alkyl halides is 4. The fourth-order valence-corrected chi connectivity index (χ4v) is 8.15. The molecule has 56 heavy (non-hydrogen) atoms. The average Bonchev–Trinajstić information content (AvgIpc) is 3.66. The van der Waals surface area contributed by atoms with Crippen LogP contribution in [-0.4, -0.2) is 56.8 Å². The molecular formula is C36H30F6N8O5S. The molecule has 2 aliphatic carbocycles. The molecule has 8 rings (SSSR count). The maximum atomic E-state index is 15.4. The van der Waals surface area contributed by atoms with E-state index in [1.165, 1.54) is 49.2 Å². The van der Waals surface area contributed by atoms with Gasteiger partial charge < -0.3 is 10.1 Å². The van der Waals surface area contributed by atoms with Crippen molar-refractivity contribution in [2.45, 2.75) is 43.7 Å². The first-order valence-electron chi connectivity index (χ1n) is 17.0. The van der Waals surface area contributed by atoms with Gasteiger partial charge in [-0.25, -0.2) is 31.0 Å². The number of anilines is 1. The lowest BCUT2D eigenvalue weighted by molar-refractivity contribution is -0.123. The minimum absolute atomic E-state index is 0.00898. The zero-order chi connectivity index (χ0) is 40.0. The number of fused-ring (bicyclic) bond motifs is 5. The number of halogens is 6. The van der Waals surface area contributed by atoms with Crippen LogP contribution in [0.2, 0.25) is 0 Å². The van der Waals surface area contributed by atoms with E-state index in [1.807, 2.05) is 0 Å². The zero-order valence-corrected chi connectivity index (χ0v) is 30.3. The van der Waals surface area contributed by atoms with Crippen LogP contribution >= 0.6 is 0 Å². The number of nitrogens with one attached hydrogen (secondary N) is 2. The maximum Gasteiger partial charge on any atom is 0.293 e. The Morgan fingerprint density at radius 2 is 1.79 bits per heavy atom. The van der Waals surface area contributed by atoms with Crippen LogP contribution in [0.3, 0.4) is 0 Å². The minimum Gasteiger partial charge on any atom is -0.497 e. The smallest absolute Gasteiger partial charge is 0.293 e. The standard InChI is InChI=1S/C36H30F6N8O5S/c1-48-30-21(33(46-48)47-56(3,53)54)5-4-6-26(30)50-34(44-24-13-19(55-2)7-8-20(24)35(50)52)25(11-16-9-17(37)12-18(38)10-16)43-27(51)15-49-31-28(29(45-49)32(39)40)22-14-23(22)36(31,41)42/h4-10,12-13,22-23,25,32H,11,14-15H2,1-3H3,(H,43,51)(H,46,47)/t22-,23+,25?/m0/s1. The Hall–Kier alpha value is -5.92. The topological polar surface area (TPSA) is 155 Å². The van der Waals surface area contributed by atoms with Crippen LogP contribution in [0.5, 0.6) is 5.75 Å². The monoisotopic (exact) mass is 800 g/mol. The molecule has 2 aliphatic rings. The Morgan fingerprint density at radius 1 is 1.05 bits per heavy atom. The van der Waals surface area contributed by atoms with E-state index in [0.717, 1.165) is 23.0 Å². The van der Waals surface area contributed by atoms with E-state index in [1.54, 1.807) is 6.07 Å². The van der Waals surface area contributed by atoms with Crippen molar-refractivity contribution in [1.82, 2.24) is 34.4 Å². The number of hydrogen-bond donors (Lipinski definition) is 2. The van der Waals surface area contributed by atoms with Crippen molar-refractivity contribution in [3.63, 3.8) is 0 Å². The zero-order valence-electron chi connectivity index (χ0n) is 29.5. The Kier molecular flexibility index (Phi) is 8.66. The summed E-state index contributed by atoms with van der Waals surface area (Å²) >= 11 is 0. The van der Waals surface area contributed by atoms with Gasteiger partial charge in [0.25, 0.3) is 17.9 Å². The predicted molar refractivity (Wildman–Crippen MR) is 190 cm³/mol. The third kappa shape index (κ3) is 6.30. The van der Waals surface area contributed by atoms with E-state index in [-0.39, 0.29) is 56.7 Å². The van der Waals surface area contributed by atoms with Crippen molar-refractivity contribution in [3.8, 4) is 11.4 Å². The fourth-order valence-electron chi connectivity index (χ4n) is 7.65. The van der Waals surface area contributed by atoms with Crippen LogP contribution in [0.1, 0.15) is 53.1 Å². The Bertz CT molecular complexity index is 2770. The second-order valence-corrected chi connectivity index (χ2v) is 15.5. The van der Waals surface area contributed by atoms with Gasteiger partial charge in [-0.1, -0.05) is 6.07 Å². The SMILES string of the molecule is COc1ccc2c(=O)n(-c3cccc4c(NS(C)(=O)=O)nn(C)c34)c(C(Cc3cc(F)cc(F)c3)NC(=O)Cn3nc(C(F)F)c4c3C(F)(F)[C@@H]3C[C@H]43)nc2c1. The molecule has 2 N–H and O–H groups in total. The molecule has 1 amide bonds. The number of carbonyl (C=O) groups excluding carboxylic acids is 1. The van der Waals surface area contributed by atoms with Gasteiger partial charge in [0, 0.05) is 42.5 Å². The molecule has 3 heterocycles. The van der Waals surface area contributed by atoms with Crippen LogP contribution in [0.15, 0.2) is 59.4 Å². The highest BCUT2D eigenvalue weighted by atomic mass is 32.2. The molecule has 13 nitrogen and oxygen atoms in total. The second kappa shape index (κ2) is 13.1. The number of benzene rings is 3. The lowest BCUT2D eigenvalue weighted by atomic mass is 10.0. The number of aryl methyl sites for hydroxylation is 1. The van der Waals surface area contributed by atoms with E-state index in [4.69, 9.17) is 9.72 Å². The van der Waals surface area contributed by atoms with Crippen molar-refractivity contribution in [2.24, 2.45) is 13.0 Å². The van der Waals surface area contributed by atoms with Gasteiger partial charge in [0.15, 0.2) is 5.82 Å². The minimum atomic E-state index is -3.82. The molecule has 292 valence electrons. The number of hydrogen-bond acceptors (Lipinski definition) is 8. The lowest BCUT2D eigenvalue weighted by Gasteiger charge is -2.24. The van der Waals surface area contributed by atoms with Crippen LogP contribution in [0, 0.1) is 17.6 Å².